The maximum Gasteiger partial charge on any atom is 0.188 e. The number of rotatable bonds is 9. The van der Waals surface area contributed by atoms with Gasteiger partial charge < -0.3 is 20.5 Å². The molecule has 0 heterocycles. The van der Waals surface area contributed by atoms with Crippen LogP contribution in [-0.4, -0.2) is 33.3 Å². The zero-order chi connectivity index (χ0) is 16.4. The van der Waals surface area contributed by atoms with E-state index in [9.17, 15) is 0 Å². The molecule has 0 spiro atoms. The fourth-order valence-corrected chi connectivity index (χ4v) is 2.20. The monoisotopic (exact) mass is 307 g/mol. The van der Waals surface area contributed by atoms with E-state index in [4.69, 9.17) is 15.2 Å². The van der Waals surface area contributed by atoms with Crippen LogP contribution >= 0.6 is 0 Å². The topological polar surface area (TPSA) is 68.9 Å². The second-order valence-electron chi connectivity index (χ2n) is 5.27. The van der Waals surface area contributed by atoms with Gasteiger partial charge in [0.15, 0.2) is 17.5 Å². The van der Waals surface area contributed by atoms with Gasteiger partial charge in [-0.2, -0.15) is 0 Å². The summed E-state index contributed by atoms with van der Waals surface area (Å²) in [6, 6.07) is 5.93. The Morgan fingerprint density at radius 1 is 1.18 bits per heavy atom. The second kappa shape index (κ2) is 9.92. The minimum absolute atomic E-state index is 0.521. The number of nitrogens with one attached hydrogen (secondary N) is 1. The van der Waals surface area contributed by atoms with Gasteiger partial charge in [0, 0.05) is 13.1 Å². The number of benzene rings is 1. The van der Waals surface area contributed by atoms with E-state index in [1.165, 1.54) is 0 Å². The third kappa shape index (κ3) is 5.84. The van der Waals surface area contributed by atoms with Gasteiger partial charge in [-0.05, 0) is 30.0 Å². The molecule has 0 bridgehead atoms. The van der Waals surface area contributed by atoms with Crippen molar-refractivity contribution in [3.8, 4) is 11.5 Å². The first-order chi connectivity index (χ1) is 10.6. The fourth-order valence-electron chi connectivity index (χ4n) is 2.20. The zero-order valence-corrected chi connectivity index (χ0v) is 14.2. The Hall–Kier alpha value is -1.91. The Morgan fingerprint density at radius 3 is 2.45 bits per heavy atom. The number of ether oxygens (including phenoxy) is 2. The van der Waals surface area contributed by atoms with Gasteiger partial charge in [0.25, 0.3) is 0 Å². The molecule has 0 aromatic heterocycles. The first-order valence-corrected chi connectivity index (χ1v) is 7.89. The largest absolute Gasteiger partial charge is 0.493 e. The summed E-state index contributed by atoms with van der Waals surface area (Å²) >= 11 is 0. The van der Waals surface area contributed by atoms with E-state index in [1.54, 1.807) is 14.2 Å². The van der Waals surface area contributed by atoms with Gasteiger partial charge in [-0.1, -0.05) is 32.8 Å². The molecule has 5 heteroatoms. The first-order valence-electron chi connectivity index (χ1n) is 7.89. The maximum absolute atomic E-state index is 5.89. The van der Waals surface area contributed by atoms with Crippen molar-refractivity contribution < 1.29 is 9.47 Å². The maximum atomic E-state index is 5.89. The Balaban J connectivity index is 2.45. The van der Waals surface area contributed by atoms with Crippen molar-refractivity contribution >= 4 is 5.96 Å². The normalized spacial score (nSPS) is 11.6. The van der Waals surface area contributed by atoms with Crippen molar-refractivity contribution in [3.05, 3.63) is 23.8 Å². The quantitative estimate of drug-likeness (QED) is 0.543. The highest BCUT2D eigenvalue weighted by molar-refractivity contribution is 5.77. The van der Waals surface area contributed by atoms with Crippen LogP contribution in [0.2, 0.25) is 0 Å². The highest BCUT2D eigenvalue weighted by Gasteiger charge is 2.05. The molecule has 1 aromatic carbocycles. The first kappa shape index (κ1) is 18.1. The Kier molecular flexibility index (Phi) is 8.18. The lowest BCUT2D eigenvalue weighted by Crippen LogP contribution is -2.33. The number of hydrogen-bond acceptors (Lipinski definition) is 3. The van der Waals surface area contributed by atoms with Crippen LogP contribution in [0.25, 0.3) is 0 Å². The SMILES string of the molecule is CCC(CC)CN=C(N)NCCc1ccc(OC)c(OC)c1. The third-order valence-corrected chi connectivity index (χ3v) is 3.84. The number of nitrogens with zero attached hydrogens (tertiary/aromatic N) is 1. The van der Waals surface area contributed by atoms with Gasteiger partial charge in [-0.25, -0.2) is 0 Å². The Labute approximate surface area is 133 Å². The summed E-state index contributed by atoms with van der Waals surface area (Å²) in [6.45, 7) is 5.91. The van der Waals surface area contributed by atoms with E-state index in [-0.39, 0.29) is 0 Å². The highest BCUT2D eigenvalue weighted by Crippen LogP contribution is 2.27. The van der Waals surface area contributed by atoms with Crippen molar-refractivity contribution in [2.75, 3.05) is 27.3 Å². The molecule has 3 N–H and O–H groups in total. The van der Waals surface area contributed by atoms with Crippen LogP contribution in [0.4, 0.5) is 0 Å². The van der Waals surface area contributed by atoms with Crippen LogP contribution in [0.5, 0.6) is 11.5 Å². The van der Waals surface area contributed by atoms with E-state index in [0.29, 0.717) is 11.9 Å². The summed E-state index contributed by atoms with van der Waals surface area (Å²) in [4.78, 5) is 4.40. The molecule has 22 heavy (non-hydrogen) atoms. The Bertz CT molecular complexity index is 471. The number of hydrogen-bond donors (Lipinski definition) is 2. The van der Waals surface area contributed by atoms with Crippen LogP contribution in [0.3, 0.4) is 0 Å². The van der Waals surface area contributed by atoms with Crippen LogP contribution in [0.1, 0.15) is 32.3 Å². The van der Waals surface area contributed by atoms with Crippen molar-refractivity contribution in [2.45, 2.75) is 33.1 Å². The average molecular weight is 307 g/mol. The van der Waals surface area contributed by atoms with Crippen molar-refractivity contribution in [1.82, 2.24) is 5.32 Å². The predicted molar refractivity (Wildman–Crippen MR) is 91.8 cm³/mol. The number of aliphatic imine (C=N–C) groups is 1. The number of nitrogens with two attached hydrogens (primary N) is 1. The molecule has 0 saturated heterocycles. The van der Waals surface area contributed by atoms with E-state index >= 15 is 0 Å². The molecular formula is C17H29N3O2. The fraction of sp³-hybridized carbons (Fsp3) is 0.588. The highest BCUT2D eigenvalue weighted by atomic mass is 16.5. The molecule has 0 radical (unpaired) electrons. The summed E-state index contributed by atoms with van der Waals surface area (Å²) in [6.07, 6.45) is 3.12. The molecule has 1 rings (SSSR count). The van der Waals surface area contributed by atoms with Gasteiger partial charge >= 0.3 is 0 Å². The van der Waals surface area contributed by atoms with Crippen LogP contribution < -0.4 is 20.5 Å². The second-order valence-corrected chi connectivity index (χ2v) is 5.27. The smallest absolute Gasteiger partial charge is 0.188 e. The van der Waals surface area contributed by atoms with Crippen LogP contribution in [-0.2, 0) is 6.42 Å². The summed E-state index contributed by atoms with van der Waals surface area (Å²) in [5.41, 5.74) is 7.06. The molecule has 0 saturated carbocycles. The Morgan fingerprint density at radius 2 is 1.86 bits per heavy atom. The lowest BCUT2D eigenvalue weighted by Gasteiger charge is -2.11. The molecule has 0 aliphatic heterocycles. The molecule has 5 nitrogen and oxygen atoms in total. The van der Waals surface area contributed by atoms with Gasteiger partial charge in [0.2, 0.25) is 0 Å². The summed E-state index contributed by atoms with van der Waals surface area (Å²) in [7, 11) is 3.28. The summed E-state index contributed by atoms with van der Waals surface area (Å²) < 4.78 is 10.5. The van der Waals surface area contributed by atoms with Gasteiger partial charge in [0.1, 0.15) is 0 Å². The van der Waals surface area contributed by atoms with Crippen molar-refractivity contribution in [2.24, 2.45) is 16.6 Å². The molecule has 0 fully saturated rings. The predicted octanol–water partition coefficient (Wildman–Crippen LogP) is 2.59. The number of methoxy groups -OCH3 is 2. The van der Waals surface area contributed by atoms with E-state index in [1.807, 2.05) is 18.2 Å². The van der Waals surface area contributed by atoms with Crippen LogP contribution in [0, 0.1) is 5.92 Å². The lowest BCUT2D eigenvalue weighted by atomic mass is 10.0. The molecule has 0 amide bonds. The van der Waals surface area contributed by atoms with Crippen molar-refractivity contribution in [1.29, 1.82) is 0 Å². The van der Waals surface area contributed by atoms with Gasteiger partial charge in [-0.15, -0.1) is 0 Å². The lowest BCUT2D eigenvalue weighted by molar-refractivity contribution is 0.354. The van der Waals surface area contributed by atoms with Crippen LogP contribution in [0.15, 0.2) is 23.2 Å². The molecule has 1 aromatic rings. The minimum atomic E-state index is 0.521. The van der Waals surface area contributed by atoms with E-state index in [0.717, 1.165) is 49.4 Å². The van der Waals surface area contributed by atoms with E-state index < -0.39 is 0 Å². The molecule has 124 valence electrons. The van der Waals surface area contributed by atoms with Gasteiger partial charge in [0.05, 0.1) is 14.2 Å². The minimum Gasteiger partial charge on any atom is -0.493 e. The van der Waals surface area contributed by atoms with E-state index in [2.05, 4.69) is 24.2 Å². The standard InChI is InChI=1S/C17H29N3O2/c1-5-13(6-2)12-20-17(18)19-10-9-14-7-8-15(21-3)16(11-14)22-4/h7-8,11,13H,5-6,9-10,12H2,1-4H3,(H3,18,19,20). The molecule has 0 atom stereocenters. The average Bonchev–Trinajstić information content (AvgIpc) is 2.55. The van der Waals surface area contributed by atoms with Gasteiger partial charge in [-0.3, -0.25) is 4.99 Å². The number of guanidine groups is 1. The molecule has 0 aliphatic rings. The summed E-state index contributed by atoms with van der Waals surface area (Å²) in [5, 5.41) is 3.16. The zero-order valence-electron chi connectivity index (χ0n) is 14.2. The summed E-state index contributed by atoms with van der Waals surface area (Å²) in [5.74, 6) is 2.62. The third-order valence-electron chi connectivity index (χ3n) is 3.84. The molecule has 0 aliphatic carbocycles. The van der Waals surface area contributed by atoms with Crippen molar-refractivity contribution in [3.63, 3.8) is 0 Å². The molecular weight excluding hydrogens is 278 g/mol. The molecule has 0 unspecified atom stereocenters.